The molecule has 0 aromatic heterocycles. The molecule has 0 bridgehead atoms. The number of rotatable bonds is 2. The minimum atomic E-state index is -0.861. The smallest absolute Gasteiger partial charge is 0.310 e. The van der Waals surface area contributed by atoms with Crippen molar-refractivity contribution in [2.45, 2.75) is 12.8 Å². The predicted octanol–water partition coefficient (Wildman–Crippen LogP) is 0.595. The number of carbonyl (C=O) groups is 2. The van der Waals surface area contributed by atoms with Gasteiger partial charge in [-0.15, -0.1) is 0 Å². The van der Waals surface area contributed by atoms with Crippen molar-refractivity contribution in [3.63, 3.8) is 0 Å². The Kier molecular flexibility index (Phi) is 2.68. The van der Waals surface area contributed by atoms with Gasteiger partial charge in [0.15, 0.2) is 0 Å². The fourth-order valence-corrected chi connectivity index (χ4v) is 2.10. The quantitative estimate of drug-likeness (QED) is 0.638. The fourth-order valence-electron chi connectivity index (χ4n) is 2.10. The first-order chi connectivity index (χ1) is 7.58. The molecule has 3 N–H and O–H groups in total. The molecule has 2 aliphatic rings. The monoisotopic (exact) mass is 223 g/mol. The van der Waals surface area contributed by atoms with Crippen LogP contribution in [0.15, 0.2) is 23.4 Å². The maximum Gasteiger partial charge on any atom is 0.310 e. The molecule has 2 atom stereocenters. The molecule has 86 valence electrons. The van der Waals surface area contributed by atoms with Gasteiger partial charge in [0.05, 0.1) is 11.8 Å². The maximum atomic E-state index is 10.8. The minimum Gasteiger partial charge on any atom is -0.481 e. The molecule has 0 fully saturated rings. The van der Waals surface area contributed by atoms with Crippen molar-refractivity contribution in [3.8, 4) is 0 Å². The lowest BCUT2D eigenvalue weighted by atomic mass is 9.84. The molecule has 0 radical (unpaired) electrons. The molecule has 1 aliphatic heterocycles. The Labute approximate surface area is 92.5 Å². The van der Waals surface area contributed by atoms with Crippen molar-refractivity contribution in [2.24, 2.45) is 11.8 Å². The van der Waals surface area contributed by atoms with Gasteiger partial charge in [0.25, 0.3) is 0 Å². The number of carboxylic acids is 2. The Morgan fingerprint density at radius 3 is 2.62 bits per heavy atom. The second-order valence-electron chi connectivity index (χ2n) is 4.15. The number of aliphatic carboxylic acids is 2. The molecule has 5 heteroatoms. The molecule has 2 unspecified atom stereocenters. The molecule has 0 aromatic carbocycles. The average Bonchev–Trinajstić information content (AvgIpc) is 2.27. The number of hydrogen-bond acceptors (Lipinski definition) is 3. The number of allylic oxidation sites excluding steroid dienone is 2. The van der Waals surface area contributed by atoms with Gasteiger partial charge in [0, 0.05) is 12.2 Å². The van der Waals surface area contributed by atoms with Crippen LogP contribution in [-0.4, -0.2) is 28.7 Å². The second kappa shape index (κ2) is 4.00. The zero-order valence-corrected chi connectivity index (χ0v) is 8.64. The molecular weight excluding hydrogens is 210 g/mol. The standard InChI is InChI=1S/C11H13NO4/c13-10(14)6-1-2-9-7(3-6)4-8(5-12-9)11(15)16/h1-2,6,8,12H,3-5H2,(H,13,14)(H,15,16). The van der Waals surface area contributed by atoms with E-state index in [0.717, 1.165) is 11.3 Å². The van der Waals surface area contributed by atoms with Crippen LogP contribution in [0.5, 0.6) is 0 Å². The van der Waals surface area contributed by atoms with E-state index in [1.54, 1.807) is 12.2 Å². The number of nitrogens with one attached hydrogen (secondary N) is 1. The molecule has 1 heterocycles. The Morgan fingerprint density at radius 1 is 1.25 bits per heavy atom. The number of carboxylic acid groups (broad SMARTS) is 2. The van der Waals surface area contributed by atoms with Crippen LogP contribution in [0.4, 0.5) is 0 Å². The van der Waals surface area contributed by atoms with Crippen molar-refractivity contribution < 1.29 is 19.8 Å². The van der Waals surface area contributed by atoms with E-state index in [1.165, 1.54) is 0 Å². The molecule has 0 saturated heterocycles. The third-order valence-electron chi connectivity index (χ3n) is 3.04. The molecule has 0 amide bonds. The van der Waals surface area contributed by atoms with Crippen LogP contribution in [-0.2, 0) is 9.59 Å². The summed E-state index contributed by atoms with van der Waals surface area (Å²) in [5.41, 5.74) is 1.81. The Morgan fingerprint density at radius 2 is 2.00 bits per heavy atom. The van der Waals surface area contributed by atoms with Crippen molar-refractivity contribution in [1.29, 1.82) is 0 Å². The normalized spacial score (nSPS) is 28.2. The largest absolute Gasteiger partial charge is 0.481 e. The van der Waals surface area contributed by atoms with E-state index in [4.69, 9.17) is 10.2 Å². The fraction of sp³-hybridized carbons (Fsp3) is 0.455. The Bertz CT molecular complexity index is 397. The van der Waals surface area contributed by atoms with E-state index < -0.39 is 23.8 Å². The van der Waals surface area contributed by atoms with Gasteiger partial charge in [-0.2, -0.15) is 0 Å². The summed E-state index contributed by atoms with van der Waals surface area (Å²) < 4.78 is 0. The van der Waals surface area contributed by atoms with Gasteiger partial charge in [-0.3, -0.25) is 9.59 Å². The average molecular weight is 223 g/mol. The third kappa shape index (κ3) is 1.93. The summed E-state index contributed by atoms with van der Waals surface area (Å²) in [5.74, 6) is -2.66. The molecule has 0 saturated carbocycles. The van der Waals surface area contributed by atoms with Gasteiger partial charge in [0.1, 0.15) is 0 Å². The highest BCUT2D eigenvalue weighted by Gasteiger charge is 2.29. The van der Waals surface area contributed by atoms with Gasteiger partial charge in [-0.05, 0) is 24.5 Å². The van der Waals surface area contributed by atoms with Crippen molar-refractivity contribution in [3.05, 3.63) is 23.4 Å². The van der Waals surface area contributed by atoms with Crippen LogP contribution in [0, 0.1) is 11.8 Å². The summed E-state index contributed by atoms with van der Waals surface area (Å²) in [4.78, 5) is 21.7. The van der Waals surface area contributed by atoms with Gasteiger partial charge >= 0.3 is 11.9 Å². The van der Waals surface area contributed by atoms with Crippen LogP contribution >= 0.6 is 0 Å². The van der Waals surface area contributed by atoms with Crippen molar-refractivity contribution in [1.82, 2.24) is 5.32 Å². The van der Waals surface area contributed by atoms with Crippen LogP contribution < -0.4 is 5.32 Å². The topological polar surface area (TPSA) is 86.6 Å². The Hall–Kier alpha value is -1.78. The van der Waals surface area contributed by atoms with Gasteiger partial charge in [-0.25, -0.2) is 0 Å². The summed E-state index contributed by atoms with van der Waals surface area (Å²) in [6, 6.07) is 0. The summed E-state index contributed by atoms with van der Waals surface area (Å²) in [6.45, 7) is 0.413. The van der Waals surface area contributed by atoms with E-state index in [9.17, 15) is 9.59 Å². The zero-order valence-electron chi connectivity index (χ0n) is 8.64. The van der Waals surface area contributed by atoms with E-state index >= 15 is 0 Å². The van der Waals surface area contributed by atoms with Crippen LogP contribution in [0.1, 0.15) is 12.8 Å². The summed E-state index contributed by atoms with van der Waals surface area (Å²) in [6.07, 6.45) is 4.26. The first-order valence-electron chi connectivity index (χ1n) is 5.17. The molecule has 16 heavy (non-hydrogen) atoms. The van der Waals surface area contributed by atoms with Crippen molar-refractivity contribution >= 4 is 11.9 Å². The van der Waals surface area contributed by atoms with Crippen LogP contribution in [0.25, 0.3) is 0 Å². The molecule has 1 aliphatic carbocycles. The highest BCUT2D eigenvalue weighted by atomic mass is 16.4. The molecule has 2 rings (SSSR count). The van der Waals surface area contributed by atoms with E-state index in [0.29, 0.717) is 19.4 Å². The summed E-state index contributed by atoms with van der Waals surface area (Å²) in [5, 5.41) is 20.8. The number of hydrogen-bond donors (Lipinski definition) is 3. The highest BCUT2D eigenvalue weighted by Crippen LogP contribution is 2.30. The van der Waals surface area contributed by atoms with Gasteiger partial charge in [0.2, 0.25) is 0 Å². The third-order valence-corrected chi connectivity index (χ3v) is 3.04. The summed E-state index contributed by atoms with van der Waals surface area (Å²) >= 11 is 0. The lowest BCUT2D eigenvalue weighted by Crippen LogP contribution is -2.35. The molecule has 5 nitrogen and oxygen atoms in total. The SMILES string of the molecule is O=C(O)C1C=CC2=C(C1)CC(C(=O)O)CN2. The molecule has 0 aromatic rings. The van der Waals surface area contributed by atoms with Crippen LogP contribution in [0.3, 0.4) is 0 Å². The van der Waals surface area contributed by atoms with Crippen molar-refractivity contribution in [2.75, 3.05) is 6.54 Å². The van der Waals surface area contributed by atoms with E-state index in [1.807, 2.05) is 0 Å². The predicted molar refractivity (Wildman–Crippen MR) is 55.7 cm³/mol. The Balaban J connectivity index is 2.13. The van der Waals surface area contributed by atoms with Gasteiger partial charge < -0.3 is 15.5 Å². The summed E-state index contributed by atoms with van der Waals surface area (Å²) in [7, 11) is 0. The minimum absolute atomic E-state index is 0.413. The van der Waals surface area contributed by atoms with Crippen LogP contribution in [0.2, 0.25) is 0 Å². The first-order valence-corrected chi connectivity index (χ1v) is 5.17. The molecular formula is C11H13NO4. The van der Waals surface area contributed by atoms with E-state index in [2.05, 4.69) is 5.32 Å². The van der Waals surface area contributed by atoms with E-state index in [-0.39, 0.29) is 0 Å². The lowest BCUT2D eigenvalue weighted by Gasteiger charge is -2.28. The van der Waals surface area contributed by atoms with Gasteiger partial charge in [-0.1, -0.05) is 6.08 Å². The highest BCUT2D eigenvalue weighted by molar-refractivity contribution is 5.74. The zero-order chi connectivity index (χ0) is 11.7. The second-order valence-corrected chi connectivity index (χ2v) is 4.15. The first kappa shape index (κ1) is 10.7. The molecule has 0 spiro atoms. The lowest BCUT2D eigenvalue weighted by molar-refractivity contribution is -0.141. The maximum absolute atomic E-state index is 10.8.